The molecule has 0 amide bonds. The van der Waals surface area contributed by atoms with Gasteiger partial charge in [-0.15, -0.1) is 0 Å². The number of hydroxylamine groups is 4. The molecule has 3 heterocycles. The van der Waals surface area contributed by atoms with E-state index in [2.05, 4.69) is 94.5 Å². The van der Waals surface area contributed by atoms with Crippen molar-refractivity contribution < 1.29 is 14.8 Å². The van der Waals surface area contributed by atoms with E-state index in [1.165, 1.54) is 38.5 Å². The first-order valence-corrected chi connectivity index (χ1v) is 22.2. The Hall–Kier alpha value is -1.79. The topological polar surface area (TPSA) is 102 Å². The predicted octanol–water partition coefficient (Wildman–Crippen LogP) is 9.06. The van der Waals surface area contributed by atoms with E-state index in [0.29, 0.717) is 12.5 Å². The molecule has 4 aliphatic rings. The van der Waals surface area contributed by atoms with Gasteiger partial charge in [0, 0.05) is 30.7 Å². The number of aliphatic hydroxyl groups is 1. The van der Waals surface area contributed by atoms with Gasteiger partial charge in [0.2, 0.25) is 17.8 Å². The largest absolute Gasteiger partial charge is 0.395 e. The van der Waals surface area contributed by atoms with Gasteiger partial charge in [-0.3, -0.25) is 9.68 Å². The third-order valence-corrected chi connectivity index (χ3v) is 13.2. The smallest absolute Gasteiger partial charge is 0.232 e. The summed E-state index contributed by atoms with van der Waals surface area (Å²) in [6.45, 7) is 25.5. The van der Waals surface area contributed by atoms with Crippen LogP contribution in [-0.4, -0.2) is 103 Å². The Morgan fingerprint density at radius 3 is 1.41 bits per heavy atom. The Morgan fingerprint density at radius 1 is 0.630 bits per heavy atom. The summed E-state index contributed by atoms with van der Waals surface area (Å²) in [5.41, 5.74) is -0.772. The van der Waals surface area contributed by atoms with E-state index in [4.69, 9.17) is 24.6 Å². The second-order valence-corrected chi connectivity index (χ2v) is 19.4. The molecular weight excluding hydrogens is 677 g/mol. The maximum Gasteiger partial charge on any atom is 0.232 e. The molecule has 2 N–H and O–H groups in total. The molecule has 2 unspecified atom stereocenters. The fraction of sp³-hybridized carbons (Fsp3) is 0.930. The molecule has 5 rings (SSSR count). The number of piperidine rings is 2. The van der Waals surface area contributed by atoms with E-state index in [1.54, 1.807) is 0 Å². The van der Waals surface area contributed by atoms with Crippen molar-refractivity contribution in [3.05, 3.63) is 0 Å². The highest BCUT2D eigenvalue weighted by atomic mass is 16.7. The number of nitrogens with one attached hydrogen (secondary N) is 1. The zero-order chi connectivity index (χ0) is 39.1. The molecule has 0 radical (unpaired) electrons. The third-order valence-electron chi connectivity index (χ3n) is 13.2. The molecule has 310 valence electrons. The fourth-order valence-electron chi connectivity index (χ4n) is 10.3. The highest BCUT2D eigenvalue weighted by Gasteiger charge is 2.53. The molecule has 1 aromatic heterocycles. The third kappa shape index (κ3) is 10.0. The molecule has 2 aliphatic carbocycles. The van der Waals surface area contributed by atoms with Gasteiger partial charge < -0.3 is 20.2 Å². The zero-order valence-electron chi connectivity index (χ0n) is 36.3. The summed E-state index contributed by atoms with van der Waals surface area (Å²) in [7, 11) is 0. The average Bonchev–Trinajstić information content (AvgIpc) is 3.13. The first-order chi connectivity index (χ1) is 25.7. The molecule has 0 aromatic carbocycles. The van der Waals surface area contributed by atoms with Crippen molar-refractivity contribution in [2.24, 2.45) is 0 Å². The van der Waals surface area contributed by atoms with Gasteiger partial charge in [0.25, 0.3) is 0 Å². The van der Waals surface area contributed by atoms with Crippen LogP contribution >= 0.6 is 0 Å². The van der Waals surface area contributed by atoms with Crippen molar-refractivity contribution in [2.45, 2.75) is 231 Å². The van der Waals surface area contributed by atoms with Crippen LogP contribution in [0.3, 0.4) is 0 Å². The number of hydrogen-bond donors (Lipinski definition) is 2. The maximum atomic E-state index is 9.89. The Morgan fingerprint density at radius 2 is 1.04 bits per heavy atom. The number of nitrogens with zero attached hydrogens (tertiary/aromatic N) is 7. The zero-order valence-corrected chi connectivity index (χ0v) is 36.3. The van der Waals surface area contributed by atoms with Gasteiger partial charge >= 0.3 is 0 Å². The molecule has 2 atom stereocenters. The molecule has 2 aliphatic heterocycles. The lowest BCUT2D eigenvalue weighted by atomic mass is 9.77. The number of anilines is 3. The summed E-state index contributed by atoms with van der Waals surface area (Å²) in [6.07, 6.45) is 21.0. The van der Waals surface area contributed by atoms with E-state index >= 15 is 0 Å². The van der Waals surface area contributed by atoms with Crippen molar-refractivity contribution in [1.82, 2.24) is 25.1 Å². The van der Waals surface area contributed by atoms with Crippen molar-refractivity contribution in [2.75, 3.05) is 41.4 Å². The van der Waals surface area contributed by atoms with Crippen LogP contribution in [0.4, 0.5) is 17.8 Å². The van der Waals surface area contributed by atoms with Gasteiger partial charge in [-0.2, -0.15) is 25.1 Å². The van der Waals surface area contributed by atoms with Crippen LogP contribution in [0.2, 0.25) is 0 Å². The lowest BCUT2D eigenvalue weighted by Gasteiger charge is -2.58. The van der Waals surface area contributed by atoms with Crippen LogP contribution in [0.5, 0.6) is 0 Å². The SMILES string of the molecule is CCCCN(c1nc(NCCO)nc(N(CCCC)C2CCC(C)(C)N(OC3CCCCC3)C2(C)C)n1)C1CCC(C)(C)N(OC2CCCCC2)C1(C)C. The summed E-state index contributed by atoms with van der Waals surface area (Å²) < 4.78 is 0. The standard InChI is InChI=1S/C43H80N8O3/c1-11-13-30-48(35-25-27-40(3,4)50(42(35,7)8)53-33-21-17-15-18-22-33)38-45-37(44-29-32-52)46-39(47-38)49(31-14-12-2)36-26-28-41(5,6)51(43(36,9)10)54-34-23-19-16-20-24-34/h33-36,52H,11-32H2,1-10H3,(H,44,45,46,47). The Balaban J connectivity index is 1.55. The summed E-state index contributed by atoms with van der Waals surface area (Å²) in [5, 5.41) is 18.0. The van der Waals surface area contributed by atoms with Gasteiger partial charge in [0.15, 0.2) is 0 Å². The Bertz CT molecular complexity index is 1210. The van der Waals surface area contributed by atoms with Gasteiger partial charge in [-0.05, 0) is 120 Å². The summed E-state index contributed by atoms with van der Waals surface area (Å²) in [4.78, 5) is 34.9. The van der Waals surface area contributed by atoms with E-state index < -0.39 is 0 Å². The van der Waals surface area contributed by atoms with Gasteiger partial charge in [-0.1, -0.05) is 65.2 Å². The van der Waals surface area contributed by atoms with Gasteiger partial charge in [0.05, 0.1) is 42.0 Å². The number of hydrogen-bond acceptors (Lipinski definition) is 11. The minimum absolute atomic E-state index is 0.00581. The minimum atomic E-state index is -0.297. The Labute approximate surface area is 329 Å². The second kappa shape index (κ2) is 18.6. The molecule has 11 nitrogen and oxygen atoms in total. The van der Waals surface area contributed by atoms with Crippen molar-refractivity contribution in [1.29, 1.82) is 0 Å². The highest BCUT2D eigenvalue weighted by molar-refractivity contribution is 5.48. The first kappa shape index (κ1) is 43.3. The summed E-state index contributed by atoms with van der Waals surface area (Å²) in [6, 6.07) is 0.272. The number of rotatable bonds is 17. The monoisotopic (exact) mass is 757 g/mol. The fourth-order valence-corrected chi connectivity index (χ4v) is 10.3. The average molecular weight is 757 g/mol. The molecule has 4 fully saturated rings. The molecule has 0 spiro atoms. The highest BCUT2D eigenvalue weighted by Crippen LogP contribution is 2.45. The van der Waals surface area contributed by atoms with Crippen LogP contribution in [0.25, 0.3) is 0 Å². The maximum absolute atomic E-state index is 9.89. The van der Waals surface area contributed by atoms with E-state index in [-0.39, 0.29) is 53.1 Å². The molecule has 2 saturated heterocycles. The van der Waals surface area contributed by atoms with Crippen molar-refractivity contribution >= 4 is 17.8 Å². The Kier molecular flexibility index (Phi) is 15.0. The summed E-state index contributed by atoms with van der Waals surface area (Å²) in [5.74, 6) is 1.96. The van der Waals surface area contributed by atoms with Crippen LogP contribution in [0.15, 0.2) is 0 Å². The molecule has 2 saturated carbocycles. The van der Waals surface area contributed by atoms with Gasteiger partial charge in [-0.25, -0.2) is 0 Å². The minimum Gasteiger partial charge on any atom is -0.395 e. The summed E-state index contributed by atoms with van der Waals surface area (Å²) >= 11 is 0. The number of aromatic nitrogens is 3. The quantitative estimate of drug-likeness (QED) is 0.159. The normalized spacial score (nSPS) is 26.4. The number of aliphatic hydroxyl groups excluding tert-OH is 1. The second-order valence-electron chi connectivity index (χ2n) is 19.4. The lowest BCUT2D eigenvalue weighted by Crippen LogP contribution is -2.69. The van der Waals surface area contributed by atoms with E-state index in [0.717, 1.165) is 102 Å². The van der Waals surface area contributed by atoms with Crippen molar-refractivity contribution in [3.8, 4) is 0 Å². The lowest BCUT2D eigenvalue weighted by molar-refractivity contribution is -0.311. The molecule has 11 heteroatoms. The van der Waals surface area contributed by atoms with Crippen LogP contribution in [0.1, 0.15) is 185 Å². The number of unbranched alkanes of at least 4 members (excludes halogenated alkanes) is 2. The first-order valence-electron chi connectivity index (χ1n) is 22.2. The van der Waals surface area contributed by atoms with Crippen LogP contribution < -0.4 is 15.1 Å². The van der Waals surface area contributed by atoms with Crippen LogP contribution in [0, 0.1) is 0 Å². The van der Waals surface area contributed by atoms with Crippen molar-refractivity contribution in [3.63, 3.8) is 0 Å². The van der Waals surface area contributed by atoms with E-state index in [9.17, 15) is 5.11 Å². The molecule has 0 bridgehead atoms. The molecule has 1 aromatic rings. The van der Waals surface area contributed by atoms with E-state index in [1.807, 2.05) is 0 Å². The van der Waals surface area contributed by atoms with Gasteiger partial charge in [0.1, 0.15) is 0 Å². The molecule has 54 heavy (non-hydrogen) atoms. The predicted molar refractivity (Wildman–Crippen MR) is 222 cm³/mol. The van der Waals surface area contributed by atoms with Crippen LogP contribution in [-0.2, 0) is 9.68 Å². The molecular formula is C43H80N8O3.